The number of hydrogen-bond acceptors (Lipinski definition) is 5. The lowest BCUT2D eigenvalue weighted by atomic mass is 10.2. The SMILES string of the molecule is COc1cc(C=NNC(=O)CC(=O)Nc2ccccc2Cl)ccc1OCc1ccc(Cl)cc1Cl. The minimum absolute atomic E-state index is 0.228. The van der Waals surface area contributed by atoms with Gasteiger partial charge in [-0.15, -0.1) is 0 Å². The van der Waals surface area contributed by atoms with Gasteiger partial charge in [0.05, 0.1) is 24.0 Å². The number of amides is 2. The molecule has 7 nitrogen and oxygen atoms in total. The van der Waals surface area contributed by atoms with Gasteiger partial charge in [-0.25, -0.2) is 5.43 Å². The number of hydrogen-bond donors (Lipinski definition) is 2. The summed E-state index contributed by atoms with van der Waals surface area (Å²) >= 11 is 18.1. The summed E-state index contributed by atoms with van der Waals surface area (Å²) in [6, 6.07) is 17.1. The van der Waals surface area contributed by atoms with Crippen LogP contribution in [-0.4, -0.2) is 25.1 Å². The molecule has 0 heterocycles. The highest BCUT2D eigenvalue weighted by Gasteiger charge is 2.11. The van der Waals surface area contributed by atoms with Crippen molar-refractivity contribution in [1.29, 1.82) is 0 Å². The quantitative estimate of drug-likeness (QED) is 0.215. The van der Waals surface area contributed by atoms with E-state index >= 15 is 0 Å². The second kappa shape index (κ2) is 12.3. The lowest BCUT2D eigenvalue weighted by molar-refractivity contribution is -0.126. The Hall–Kier alpha value is -3.26. The number of nitrogens with one attached hydrogen (secondary N) is 2. The van der Waals surface area contributed by atoms with Gasteiger partial charge in [0.1, 0.15) is 13.0 Å². The number of nitrogens with zero attached hydrogens (tertiary/aromatic N) is 1. The molecule has 0 aliphatic heterocycles. The average Bonchev–Trinajstić information content (AvgIpc) is 2.80. The fourth-order valence-corrected chi connectivity index (χ4v) is 3.45. The number of carbonyl (C=O) groups excluding carboxylic acids is 2. The minimum atomic E-state index is -0.576. The molecule has 3 rings (SSSR count). The highest BCUT2D eigenvalue weighted by molar-refractivity contribution is 6.35. The topological polar surface area (TPSA) is 89.0 Å². The molecule has 10 heteroatoms. The van der Waals surface area contributed by atoms with Gasteiger partial charge in [0.25, 0.3) is 0 Å². The van der Waals surface area contributed by atoms with Gasteiger partial charge in [0.2, 0.25) is 11.8 Å². The van der Waals surface area contributed by atoms with Crippen LogP contribution in [0.15, 0.2) is 65.8 Å². The number of halogens is 3. The molecule has 0 radical (unpaired) electrons. The van der Waals surface area contributed by atoms with Gasteiger partial charge in [0.15, 0.2) is 11.5 Å². The summed E-state index contributed by atoms with van der Waals surface area (Å²) in [6.45, 7) is 0.228. The molecule has 34 heavy (non-hydrogen) atoms. The van der Waals surface area contributed by atoms with Crippen molar-refractivity contribution in [2.75, 3.05) is 12.4 Å². The Kier molecular flexibility index (Phi) is 9.16. The summed E-state index contributed by atoms with van der Waals surface area (Å²) in [7, 11) is 1.51. The second-order valence-corrected chi connectivity index (χ2v) is 8.18. The molecule has 0 saturated carbocycles. The Balaban J connectivity index is 1.53. The van der Waals surface area contributed by atoms with Crippen molar-refractivity contribution in [1.82, 2.24) is 5.43 Å². The van der Waals surface area contributed by atoms with Crippen LogP contribution in [0.5, 0.6) is 11.5 Å². The van der Waals surface area contributed by atoms with E-state index in [1.165, 1.54) is 13.3 Å². The minimum Gasteiger partial charge on any atom is -0.493 e. The van der Waals surface area contributed by atoms with Gasteiger partial charge < -0.3 is 14.8 Å². The predicted molar refractivity (Wildman–Crippen MR) is 134 cm³/mol. The summed E-state index contributed by atoms with van der Waals surface area (Å²) in [5.74, 6) is -0.109. The van der Waals surface area contributed by atoms with Gasteiger partial charge in [-0.2, -0.15) is 5.10 Å². The van der Waals surface area contributed by atoms with E-state index in [0.29, 0.717) is 37.8 Å². The van der Waals surface area contributed by atoms with Gasteiger partial charge in [0, 0.05) is 15.6 Å². The fourth-order valence-electron chi connectivity index (χ4n) is 2.80. The number of hydrazone groups is 1. The summed E-state index contributed by atoms with van der Waals surface area (Å²) < 4.78 is 11.2. The van der Waals surface area contributed by atoms with Crippen LogP contribution in [0.1, 0.15) is 17.5 Å². The number of para-hydroxylation sites is 1. The van der Waals surface area contributed by atoms with Crippen LogP contribution >= 0.6 is 34.8 Å². The van der Waals surface area contributed by atoms with Crippen LogP contribution < -0.4 is 20.2 Å². The monoisotopic (exact) mass is 519 g/mol. The molecule has 0 unspecified atom stereocenters. The Bertz CT molecular complexity index is 1220. The van der Waals surface area contributed by atoms with Crippen LogP contribution in [-0.2, 0) is 16.2 Å². The van der Waals surface area contributed by atoms with Crippen molar-refractivity contribution >= 4 is 58.5 Å². The van der Waals surface area contributed by atoms with Crippen LogP contribution in [0.4, 0.5) is 5.69 Å². The Labute approximate surface area is 211 Å². The maximum absolute atomic E-state index is 12.0. The third kappa shape index (κ3) is 7.38. The third-order valence-electron chi connectivity index (χ3n) is 4.46. The third-order valence-corrected chi connectivity index (χ3v) is 5.37. The molecule has 0 aromatic heterocycles. The molecule has 0 bridgehead atoms. The van der Waals surface area contributed by atoms with Crippen molar-refractivity contribution in [3.8, 4) is 11.5 Å². The highest BCUT2D eigenvalue weighted by atomic mass is 35.5. The van der Waals surface area contributed by atoms with Crippen LogP contribution in [0.25, 0.3) is 0 Å². The Morgan fingerprint density at radius 2 is 1.74 bits per heavy atom. The summed E-state index contributed by atoms with van der Waals surface area (Å²) in [5.41, 5.74) is 4.17. The molecule has 176 valence electrons. The average molecular weight is 521 g/mol. The van der Waals surface area contributed by atoms with Gasteiger partial charge in [-0.05, 0) is 48.0 Å². The van der Waals surface area contributed by atoms with Crippen LogP contribution in [0.3, 0.4) is 0 Å². The zero-order valence-corrected chi connectivity index (χ0v) is 20.2. The standard InChI is InChI=1S/C24H20Cl3N3O4/c1-33-22-10-15(6-9-21(22)34-14-16-7-8-17(25)11-19(16)27)13-28-30-24(32)12-23(31)29-20-5-3-2-4-18(20)26/h2-11,13H,12,14H2,1H3,(H,29,31)(H,30,32). The van der Waals surface area contributed by atoms with Crippen molar-refractivity contribution in [2.24, 2.45) is 5.10 Å². The molecule has 0 fully saturated rings. The molecule has 0 aliphatic carbocycles. The predicted octanol–water partition coefficient (Wildman–Crippen LogP) is 5.71. The van der Waals surface area contributed by atoms with Crippen molar-refractivity contribution < 1.29 is 19.1 Å². The first kappa shape index (κ1) is 25.4. The molecule has 3 aromatic rings. The lowest BCUT2D eigenvalue weighted by Crippen LogP contribution is -2.24. The first-order valence-electron chi connectivity index (χ1n) is 9.96. The zero-order chi connectivity index (χ0) is 24.5. The van der Waals surface area contributed by atoms with Crippen LogP contribution in [0, 0.1) is 0 Å². The summed E-state index contributed by atoms with van der Waals surface area (Å²) in [6.07, 6.45) is 1.01. The highest BCUT2D eigenvalue weighted by Crippen LogP contribution is 2.30. The molecule has 0 spiro atoms. The van der Waals surface area contributed by atoms with Gasteiger partial charge in [-0.3, -0.25) is 9.59 Å². The van der Waals surface area contributed by atoms with E-state index in [1.807, 2.05) is 0 Å². The van der Waals surface area contributed by atoms with E-state index in [9.17, 15) is 9.59 Å². The molecule has 0 aliphatic rings. The molecule has 0 atom stereocenters. The lowest BCUT2D eigenvalue weighted by Gasteiger charge is -2.12. The fraction of sp³-hybridized carbons (Fsp3) is 0.125. The molecule has 0 saturated heterocycles. The number of ether oxygens (including phenoxy) is 2. The molecular weight excluding hydrogens is 501 g/mol. The second-order valence-electron chi connectivity index (χ2n) is 6.93. The molecule has 2 N–H and O–H groups in total. The Morgan fingerprint density at radius 1 is 0.941 bits per heavy atom. The maximum atomic E-state index is 12.0. The van der Waals surface area contributed by atoms with Crippen molar-refractivity contribution in [3.05, 3.63) is 86.9 Å². The number of carbonyl (C=O) groups is 2. The van der Waals surface area contributed by atoms with E-state index in [4.69, 9.17) is 44.3 Å². The molecule has 3 aromatic carbocycles. The number of rotatable bonds is 9. The smallest absolute Gasteiger partial charge is 0.249 e. The number of benzene rings is 3. The first-order chi connectivity index (χ1) is 16.4. The Morgan fingerprint density at radius 3 is 2.47 bits per heavy atom. The largest absolute Gasteiger partial charge is 0.493 e. The van der Waals surface area contributed by atoms with Crippen LogP contribution in [0.2, 0.25) is 15.1 Å². The summed E-state index contributed by atoms with van der Waals surface area (Å²) in [5, 5.41) is 7.88. The summed E-state index contributed by atoms with van der Waals surface area (Å²) in [4.78, 5) is 24.0. The van der Waals surface area contributed by atoms with E-state index in [1.54, 1.807) is 60.7 Å². The maximum Gasteiger partial charge on any atom is 0.249 e. The number of methoxy groups -OCH3 is 1. The van der Waals surface area contributed by atoms with E-state index < -0.39 is 18.2 Å². The normalized spacial score (nSPS) is 10.7. The molecule has 2 amide bonds. The first-order valence-corrected chi connectivity index (χ1v) is 11.1. The van der Waals surface area contributed by atoms with E-state index in [2.05, 4.69) is 15.8 Å². The zero-order valence-electron chi connectivity index (χ0n) is 18.0. The van der Waals surface area contributed by atoms with Crippen molar-refractivity contribution in [3.63, 3.8) is 0 Å². The van der Waals surface area contributed by atoms with E-state index in [0.717, 1.165) is 5.56 Å². The van der Waals surface area contributed by atoms with E-state index in [-0.39, 0.29) is 6.61 Å². The van der Waals surface area contributed by atoms with Gasteiger partial charge in [-0.1, -0.05) is 53.0 Å². The molecular formula is C24H20Cl3N3O4. The number of anilines is 1. The van der Waals surface area contributed by atoms with Crippen molar-refractivity contribution in [2.45, 2.75) is 13.0 Å². The van der Waals surface area contributed by atoms with Gasteiger partial charge >= 0.3 is 0 Å².